The van der Waals surface area contributed by atoms with Gasteiger partial charge < -0.3 is 16.0 Å². The van der Waals surface area contributed by atoms with Crippen molar-refractivity contribution in [2.45, 2.75) is 13.3 Å². The summed E-state index contributed by atoms with van der Waals surface area (Å²) in [5.41, 5.74) is 2.54. The fourth-order valence-corrected chi connectivity index (χ4v) is 2.03. The fraction of sp³-hybridized carbons (Fsp3) is 0.333. The molecule has 1 aliphatic rings. The highest BCUT2D eigenvalue weighted by Gasteiger charge is 2.08. The zero-order chi connectivity index (χ0) is 14.4. The van der Waals surface area contributed by atoms with E-state index in [-0.39, 0.29) is 11.8 Å². The van der Waals surface area contributed by atoms with Crippen molar-refractivity contribution in [3.05, 3.63) is 41.5 Å². The van der Waals surface area contributed by atoms with E-state index in [1.165, 1.54) is 12.5 Å². The van der Waals surface area contributed by atoms with Crippen LogP contribution in [0, 0.1) is 0 Å². The molecule has 1 aromatic rings. The predicted octanol–water partition coefficient (Wildman–Crippen LogP) is 1.29. The second kappa shape index (κ2) is 6.86. The highest BCUT2D eigenvalue weighted by atomic mass is 16.2. The van der Waals surface area contributed by atoms with Gasteiger partial charge in [-0.25, -0.2) is 0 Å². The van der Waals surface area contributed by atoms with E-state index in [0.29, 0.717) is 17.8 Å². The molecule has 0 fully saturated rings. The second-order valence-corrected chi connectivity index (χ2v) is 4.76. The van der Waals surface area contributed by atoms with Crippen molar-refractivity contribution < 1.29 is 9.59 Å². The molecule has 0 unspecified atom stereocenters. The highest BCUT2D eigenvalue weighted by molar-refractivity contribution is 5.95. The molecule has 5 nitrogen and oxygen atoms in total. The number of rotatable bonds is 4. The highest BCUT2D eigenvalue weighted by Crippen LogP contribution is 2.10. The maximum Gasteiger partial charge on any atom is 0.251 e. The van der Waals surface area contributed by atoms with Gasteiger partial charge in [0, 0.05) is 31.3 Å². The number of carbonyl (C=O) groups is 2. The molecule has 0 aliphatic carbocycles. The van der Waals surface area contributed by atoms with Crippen LogP contribution in [-0.4, -0.2) is 31.4 Å². The van der Waals surface area contributed by atoms with E-state index in [1.807, 2.05) is 0 Å². The molecule has 1 aromatic carbocycles. The average Bonchev–Trinajstić information content (AvgIpc) is 2.46. The van der Waals surface area contributed by atoms with Crippen molar-refractivity contribution in [3.8, 4) is 0 Å². The number of nitrogens with one attached hydrogen (secondary N) is 3. The van der Waals surface area contributed by atoms with Crippen molar-refractivity contribution >= 4 is 17.5 Å². The van der Waals surface area contributed by atoms with Crippen LogP contribution in [0.15, 0.2) is 35.9 Å². The summed E-state index contributed by atoms with van der Waals surface area (Å²) in [5.74, 6) is -0.223. The summed E-state index contributed by atoms with van der Waals surface area (Å²) in [6, 6.07) is 6.86. The SMILES string of the molecule is CC(=O)Nc1ccc(C(=O)NCC2=CCNCC2)cc1. The molecule has 0 radical (unpaired) electrons. The number of carbonyl (C=O) groups excluding carboxylic acids is 2. The molecule has 0 aromatic heterocycles. The van der Waals surface area contributed by atoms with Gasteiger partial charge in [-0.15, -0.1) is 0 Å². The van der Waals surface area contributed by atoms with Crippen molar-refractivity contribution in [2.75, 3.05) is 25.0 Å². The summed E-state index contributed by atoms with van der Waals surface area (Å²) in [6.07, 6.45) is 3.09. The zero-order valence-electron chi connectivity index (χ0n) is 11.5. The Kier molecular flexibility index (Phi) is 4.90. The van der Waals surface area contributed by atoms with Crippen molar-refractivity contribution in [1.82, 2.24) is 10.6 Å². The van der Waals surface area contributed by atoms with E-state index in [1.54, 1.807) is 24.3 Å². The maximum atomic E-state index is 12.0. The molecule has 20 heavy (non-hydrogen) atoms. The minimum atomic E-state index is -0.125. The Morgan fingerprint density at radius 1 is 1.25 bits per heavy atom. The third-order valence-electron chi connectivity index (χ3n) is 3.10. The lowest BCUT2D eigenvalue weighted by molar-refractivity contribution is -0.114. The molecule has 0 saturated carbocycles. The van der Waals surface area contributed by atoms with Crippen LogP contribution in [0.3, 0.4) is 0 Å². The number of anilines is 1. The molecule has 106 valence electrons. The molecular weight excluding hydrogens is 254 g/mol. The van der Waals surface area contributed by atoms with E-state index in [9.17, 15) is 9.59 Å². The van der Waals surface area contributed by atoms with Crippen LogP contribution in [0.1, 0.15) is 23.7 Å². The van der Waals surface area contributed by atoms with Gasteiger partial charge >= 0.3 is 0 Å². The monoisotopic (exact) mass is 273 g/mol. The summed E-state index contributed by atoms with van der Waals surface area (Å²) < 4.78 is 0. The number of hydrogen-bond acceptors (Lipinski definition) is 3. The van der Waals surface area contributed by atoms with E-state index < -0.39 is 0 Å². The van der Waals surface area contributed by atoms with Crippen LogP contribution >= 0.6 is 0 Å². The van der Waals surface area contributed by atoms with Gasteiger partial charge in [-0.1, -0.05) is 11.6 Å². The van der Waals surface area contributed by atoms with Gasteiger partial charge in [-0.3, -0.25) is 9.59 Å². The molecule has 0 saturated heterocycles. The molecule has 0 spiro atoms. The fourth-order valence-electron chi connectivity index (χ4n) is 2.03. The van der Waals surface area contributed by atoms with Gasteiger partial charge in [-0.2, -0.15) is 0 Å². The minimum Gasteiger partial charge on any atom is -0.348 e. The molecular formula is C15H19N3O2. The summed E-state index contributed by atoms with van der Waals surface area (Å²) in [6.45, 7) is 3.88. The molecule has 1 heterocycles. The lowest BCUT2D eigenvalue weighted by atomic mass is 10.1. The van der Waals surface area contributed by atoms with Gasteiger partial charge in [0.05, 0.1) is 0 Å². The van der Waals surface area contributed by atoms with Gasteiger partial charge in [-0.05, 0) is 37.2 Å². The molecule has 3 N–H and O–H groups in total. The van der Waals surface area contributed by atoms with Gasteiger partial charge in [0.15, 0.2) is 0 Å². The quantitative estimate of drug-likeness (QED) is 0.724. The first-order valence-corrected chi connectivity index (χ1v) is 6.69. The van der Waals surface area contributed by atoms with Gasteiger partial charge in [0.25, 0.3) is 5.91 Å². The van der Waals surface area contributed by atoms with Crippen LogP contribution < -0.4 is 16.0 Å². The second-order valence-electron chi connectivity index (χ2n) is 4.76. The van der Waals surface area contributed by atoms with E-state index in [4.69, 9.17) is 0 Å². The van der Waals surface area contributed by atoms with Crippen molar-refractivity contribution in [1.29, 1.82) is 0 Å². The Morgan fingerprint density at radius 2 is 2.00 bits per heavy atom. The molecule has 2 rings (SSSR count). The molecule has 5 heteroatoms. The molecule has 2 amide bonds. The Bertz CT molecular complexity index is 520. The largest absolute Gasteiger partial charge is 0.348 e. The maximum absolute atomic E-state index is 12.0. The van der Waals surface area contributed by atoms with Gasteiger partial charge in [0.2, 0.25) is 5.91 Å². The van der Waals surface area contributed by atoms with Crippen molar-refractivity contribution in [3.63, 3.8) is 0 Å². The Balaban J connectivity index is 1.88. The van der Waals surface area contributed by atoms with Crippen LogP contribution in [0.25, 0.3) is 0 Å². The Hall–Kier alpha value is -2.14. The third-order valence-corrected chi connectivity index (χ3v) is 3.10. The topological polar surface area (TPSA) is 70.2 Å². The number of hydrogen-bond donors (Lipinski definition) is 3. The Morgan fingerprint density at radius 3 is 2.60 bits per heavy atom. The molecule has 0 bridgehead atoms. The first-order chi connectivity index (χ1) is 9.65. The predicted molar refractivity (Wildman–Crippen MR) is 78.6 cm³/mol. The lowest BCUT2D eigenvalue weighted by Crippen LogP contribution is -2.29. The summed E-state index contributed by atoms with van der Waals surface area (Å²) in [7, 11) is 0. The number of benzene rings is 1. The summed E-state index contributed by atoms with van der Waals surface area (Å²) in [4.78, 5) is 22.9. The van der Waals surface area contributed by atoms with Crippen LogP contribution in [0.5, 0.6) is 0 Å². The van der Waals surface area contributed by atoms with E-state index >= 15 is 0 Å². The van der Waals surface area contributed by atoms with Crippen LogP contribution in [-0.2, 0) is 4.79 Å². The van der Waals surface area contributed by atoms with Crippen LogP contribution in [0.4, 0.5) is 5.69 Å². The standard InChI is InChI=1S/C15H19N3O2/c1-11(19)18-14-4-2-13(3-5-14)15(20)17-10-12-6-8-16-9-7-12/h2-6,16H,7-10H2,1H3,(H,17,20)(H,18,19). The minimum absolute atomic E-state index is 0.0983. The van der Waals surface area contributed by atoms with Crippen LogP contribution in [0.2, 0.25) is 0 Å². The normalized spacial score (nSPS) is 14.3. The summed E-state index contributed by atoms with van der Waals surface area (Å²) >= 11 is 0. The third kappa shape index (κ3) is 4.20. The average molecular weight is 273 g/mol. The zero-order valence-corrected chi connectivity index (χ0v) is 11.5. The smallest absolute Gasteiger partial charge is 0.251 e. The van der Waals surface area contributed by atoms with Crippen molar-refractivity contribution in [2.24, 2.45) is 0 Å². The first kappa shape index (κ1) is 14.3. The van der Waals surface area contributed by atoms with Gasteiger partial charge in [0.1, 0.15) is 0 Å². The Labute approximate surface area is 118 Å². The number of amides is 2. The lowest BCUT2D eigenvalue weighted by Gasteiger charge is -2.14. The first-order valence-electron chi connectivity index (χ1n) is 6.69. The summed E-state index contributed by atoms with van der Waals surface area (Å²) in [5, 5.41) is 8.81. The molecule has 1 aliphatic heterocycles. The van der Waals surface area contributed by atoms with E-state index in [0.717, 1.165) is 19.5 Å². The van der Waals surface area contributed by atoms with E-state index in [2.05, 4.69) is 22.0 Å². The molecule has 0 atom stereocenters.